The zero-order chi connectivity index (χ0) is 20.9. The Morgan fingerprint density at radius 3 is 2.04 bits per heavy atom. The van der Waals surface area contributed by atoms with E-state index in [-0.39, 0.29) is 21.3 Å². The fourth-order valence-corrected chi connectivity index (χ4v) is 2.96. The number of anilines is 1. The Bertz CT molecular complexity index is 829. The van der Waals surface area contributed by atoms with Crippen molar-refractivity contribution in [2.75, 3.05) is 5.32 Å². The summed E-state index contributed by atoms with van der Waals surface area (Å²) in [4.78, 5) is 23.8. The van der Waals surface area contributed by atoms with Crippen molar-refractivity contribution in [3.63, 3.8) is 0 Å². The Balaban J connectivity index is 2.63. The van der Waals surface area contributed by atoms with Crippen LogP contribution in [0, 0.1) is 0 Å². The molecule has 1 N–H and O–H groups in total. The molecule has 28 heavy (non-hydrogen) atoms. The van der Waals surface area contributed by atoms with Crippen LogP contribution in [0.4, 0.5) is 5.69 Å². The number of hydrogen-bond donors (Lipinski definition) is 1. The second kappa shape index (κ2) is 9.90. The average Bonchev–Trinajstić information content (AvgIpc) is 2.64. The van der Waals surface area contributed by atoms with Crippen molar-refractivity contribution < 1.29 is 19.1 Å². The molecule has 5 nitrogen and oxygen atoms in total. The van der Waals surface area contributed by atoms with Crippen LogP contribution < -0.4 is 5.32 Å². The van der Waals surface area contributed by atoms with Crippen molar-refractivity contribution >= 4 is 75.6 Å². The standard InChI is InChI=1S/C18H14Cl5NO4/c1-10(25)28-18(11-6-3-2-4-7-11,17(26)27-16(23)15(21)22)24-14-12(19)8-5-9-13(14)20/h2-9,15-16,24H,1H3. The molecule has 0 saturated carbocycles. The highest BCUT2D eigenvalue weighted by Gasteiger charge is 2.48. The number of carbonyl (C=O) groups is 2. The molecule has 2 unspecified atom stereocenters. The second-order valence-corrected chi connectivity index (χ2v) is 7.86. The van der Waals surface area contributed by atoms with Crippen molar-refractivity contribution in [2.24, 2.45) is 0 Å². The fraction of sp³-hybridized carbons (Fsp3) is 0.222. The summed E-state index contributed by atoms with van der Waals surface area (Å²) in [5.41, 5.74) is -3.18. The molecule has 10 heteroatoms. The number of halogens is 5. The van der Waals surface area contributed by atoms with E-state index >= 15 is 0 Å². The van der Waals surface area contributed by atoms with Crippen molar-refractivity contribution in [1.29, 1.82) is 0 Å². The first-order valence-corrected chi connectivity index (χ1v) is 9.84. The molecule has 0 spiro atoms. The molecule has 0 saturated heterocycles. The third-order valence-electron chi connectivity index (χ3n) is 3.45. The molecular weight excluding hydrogens is 471 g/mol. The zero-order valence-electron chi connectivity index (χ0n) is 14.3. The highest BCUT2D eigenvalue weighted by Crippen LogP contribution is 2.37. The normalized spacial score (nSPS) is 14.1. The van der Waals surface area contributed by atoms with E-state index in [0.717, 1.165) is 6.92 Å². The SMILES string of the molecule is CC(=O)OC(Nc1c(Cl)cccc1Cl)(C(=O)OC(Cl)C(Cl)Cl)c1ccccc1. The third kappa shape index (κ3) is 5.37. The van der Waals surface area contributed by atoms with Crippen LogP contribution in [0.25, 0.3) is 0 Å². The van der Waals surface area contributed by atoms with E-state index < -0.39 is 28.1 Å². The summed E-state index contributed by atoms with van der Waals surface area (Å²) in [6.45, 7) is 1.13. The monoisotopic (exact) mass is 483 g/mol. The topological polar surface area (TPSA) is 64.6 Å². The van der Waals surface area contributed by atoms with Gasteiger partial charge in [-0.1, -0.05) is 94.4 Å². The first-order valence-electron chi connectivity index (χ1n) is 7.78. The highest BCUT2D eigenvalue weighted by atomic mass is 35.5. The van der Waals surface area contributed by atoms with Crippen LogP contribution in [0.15, 0.2) is 48.5 Å². The number of alkyl halides is 3. The fourth-order valence-electron chi connectivity index (χ4n) is 2.29. The maximum absolute atomic E-state index is 13.1. The summed E-state index contributed by atoms with van der Waals surface area (Å²) in [6, 6.07) is 12.8. The molecule has 0 radical (unpaired) electrons. The lowest BCUT2D eigenvalue weighted by atomic mass is 10.0. The molecule has 2 aromatic carbocycles. The molecule has 0 heterocycles. The van der Waals surface area contributed by atoms with E-state index in [2.05, 4.69) is 5.32 Å². The maximum atomic E-state index is 13.1. The van der Waals surface area contributed by atoms with Crippen LogP contribution in [0.3, 0.4) is 0 Å². The number of benzene rings is 2. The summed E-state index contributed by atoms with van der Waals surface area (Å²) in [7, 11) is 0. The predicted octanol–water partition coefficient (Wildman–Crippen LogP) is 5.73. The van der Waals surface area contributed by atoms with Gasteiger partial charge in [0, 0.05) is 12.5 Å². The Kier molecular flexibility index (Phi) is 8.10. The van der Waals surface area contributed by atoms with Crippen LogP contribution in [0.2, 0.25) is 10.0 Å². The number of esters is 2. The van der Waals surface area contributed by atoms with Gasteiger partial charge in [-0.05, 0) is 12.1 Å². The van der Waals surface area contributed by atoms with E-state index in [4.69, 9.17) is 67.5 Å². The van der Waals surface area contributed by atoms with Gasteiger partial charge in [0.25, 0.3) is 0 Å². The van der Waals surface area contributed by atoms with E-state index in [1.54, 1.807) is 48.5 Å². The van der Waals surface area contributed by atoms with Gasteiger partial charge in [-0.25, -0.2) is 4.79 Å². The van der Waals surface area contributed by atoms with Crippen LogP contribution in [0.1, 0.15) is 12.5 Å². The molecule has 0 aliphatic carbocycles. The lowest BCUT2D eigenvalue weighted by molar-refractivity contribution is -0.180. The van der Waals surface area contributed by atoms with Gasteiger partial charge < -0.3 is 14.8 Å². The van der Waals surface area contributed by atoms with Crippen LogP contribution in [-0.4, -0.2) is 22.3 Å². The predicted molar refractivity (Wildman–Crippen MR) is 111 cm³/mol. The highest BCUT2D eigenvalue weighted by molar-refractivity contribution is 6.48. The lowest BCUT2D eigenvalue weighted by Crippen LogP contribution is -2.49. The number of hydrogen-bond acceptors (Lipinski definition) is 5. The molecule has 0 aliphatic heterocycles. The summed E-state index contributed by atoms with van der Waals surface area (Å²) in [6.07, 6.45) is 0. The smallest absolute Gasteiger partial charge is 0.379 e. The van der Waals surface area contributed by atoms with Gasteiger partial charge in [0.1, 0.15) is 0 Å². The summed E-state index contributed by atoms with van der Waals surface area (Å²) >= 11 is 29.6. The average molecular weight is 486 g/mol. The van der Waals surface area contributed by atoms with Crippen LogP contribution in [-0.2, 0) is 24.8 Å². The molecule has 2 atom stereocenters. The van der Waals surface area contributed by atoms with Crippen molar-refractivity contribution in [2.45, 2.75) is 23.0 Å². The Labute approximate surface area is 186 Å². The number of para-hydroxylation sites is 1. The summed E-state index contributed by atoms with van der Waals surface area (Å²) in [5, 5.41) is 3.16. The van der Waals surface area contributed by atoms with Crippen molar-refractivity contribution in [1.82, 2.24) is 0 Å². The maximum Gasteiger partial charge on any atom is 0.379 e. The molecule has 2 rings (SSSR count). The molecular formula is C18H14Cl5NO4. The molecule has 0 amide bonds. The zero-order valence-corrected chi connectivity index (χ0v) is 18.1. The Morgan fingerprint density at radius 1 is 0.964 bits per heavy atom. The first kappa shape index (κ1) is 22.9. The van der Waals surface area contributed by atoms with Gasteiger partial charge in [-0.15, -0.1) is 0 Å². The summed E-state index contributed by atoms with van der Waals surface area (Å²) in [5.74, 6) is -1.85. The number of nitrogens with one attached hydrogen (secondary N) is 1. The lowest BCUT2D eigenvalue weighted by Gasteiger charge is -2.34. The number of ether oxygens (including phenoxy) is 2. The van der Waals surface area contributed by atoms with Crippen molar-refractivity contribution in [3.05, 3.63) is 64.1 Å². The minimum atomic E-state index is -2.16. The van der Waals surface area contributed by atoms with Gasteiger partial charge in [0.05, 0.1) is 15.7 Å². The van der Waals surface area contributed by atoms with E-state index in [1.807, 2.05) is 0 Å². The van der Waals surface area contributed by atoms with E-state index in [9.17, 15) is 9.59 Å². The van der Waals surface area contributed by atoms with Gasteiger partial charge in [0.15, 0.2) is 4.84 Å². The van der Waals surface area contributed by atoms with Crippen LogP contribution in [0.5, 0.6) is 0 Å². The minimum Gasteiger partial charge on any atom is -0.438 e. The number of rotatable bonds is 7. The largest absolute Gasteiger partial charge is 0.438 e. The van der Waals surface area contributed by atoms with Gasteiger partial charge in [-0.3, -0.25) is 4.79 Å². The summed E-state index contributed by atoms with van der Waals surface area (Å²) < 4.78 is 10.5. The van der Waals surface area contributed by atoms with Crippen LogP contribution >= 0.6 is 58.0 Å². The molecule has 0 fully saturated rings. The van der Waals surface area contributed by atoms with Gasteiger partial charge in [0.2, 0.25) is 5.56 Å². The van der Waals surface area contributed by atoms with Crippen molar-refractivity contribution in [3.8, 4) is 0 Å². The third-order valence-corrected chi connectivity index (χ3v) is 5.13. The number of carbonyl (C=O) groups excluding carboxylic acids is 2. The Morgan fingerprint density at radius 2 is 1.54 bits per heavy atom. The van der Waals surface area contributed by atoms with E-state index in [1.165, 1.54) is 0 Å². The second-order valence-electron chi connectivity index (χ2n) is 5.45. The molecule has 0 aliphatic rings. The molecule has 0 aromatic heterocycles. The van der Waals surface area contributed by atoms with Gasteiger partial charge in [-0.2, -0.15) is 0 Å². The molecule has 2 aromatic rings. The Hall–Kier alpha value is -1.37. The molecule has 0 bridgehead atoms. The van der Waals surface area contributed by atoms with E-state index in [0.29, 0.717) is 0 Å². The quantitative estimate of drug-likeness (QED) is 0.308. The molecule has 150 valence electrons. The minimum absolute atomic E-state index is 0.146. The first-order chi connectivity index (χ1) is 13.2. The van der Waals surface area contributed by atoms with Gasteiger partial charge >= 0.3 is 17.7 Å².